The lowest BCUT2D eigenvalue weighted by Gasteiger charge is -2.14. The van der Waals surface area contributed by atoms with Crippen molar-refractivity contribution in [2.75, 3.05) is 6.61 Å². The molecule has 1 heterocycles. The monoisotopic (exact) mass is 485 g/mol. The molecule has 0 bridgehead atoms. The number of ether oxygens (including phenoxy) is 2. The van der Waals surface area contributed by atoms with Gasteiger partial charge in [-0.05, 0) is 65.1 Å². The number of aromatic nitrogens is 1. The van der Waals surface area contributed by atoms with Crippen LogP contribution in [0.2, 0.25) is 0 Å². The Labute approximate surface area is 208 Å². The molecule has 0 radical (unpaired) electrons. The van der Waals surface area contributed by atoms with E-state index in [0.717, 1.165) is 5.56 Å². The van der Waals surface area contributed by atoms with Crippen molar-refractivity contribution >= 4 is 12.0 Å². The molecule has 0 saturated carbocycles. The number of halogens is 2. The average molecular weight is 486 g/mol. The van der Waals surface area contributed by atoms with Gasteiger partial charge in [0.2, 0.25) is 0 Å². The summed E-state index contributed by atoms with van der Waals surface area (Å²) in [5.74, 6) is 0.103. The standard InChI is InChI=1S/C30H25F2NO3/c1-2-35-29(34)15-11-22-17-25(36-20-21-7-4-3-5-8-21)12-14-26(22)23-10-13-27(28(18-23)30(31)32)24-9-6-16-33-19-24/h3-19,30H,2,20H2,1H3/b15-11+. The third kappa shape index (κ3) is 6.21. The number of carbonyl (C=O) groups is 1. The van der Waals surface area contributed by atoms with Gasteiger partial charge in [0.15, 0.2) is 0 Å². The highest BCUT2D eigenvalue weighted by Crippen LogP contribution is 2.36. The summed E-state index contributed by atoms with van der Waals surface area (Å²) in [4.78, 5) is 16.0. The van der Waals surface area contributed by atoms with E-state index in [9.17, 15) is 13.6 Å². The molecule has 4 rings (SSSR count). The molecule has 4 aromatic rings. The molecule has 0 amide bonds. The fraction of sp³-hybridized carbons (Fsp3) is 0.133. The first-order valence-corrected chi connectivity index (χ1v) is 11.5. The van der Waals surface area contributed by atoms with Crippen molar-refractivity contribution in [1.29, 1.82) is 0 Å². The van der Waals surface area contributed by atoms with E-state index < -0.39 is 12.4 Å². The van der Waals surface area contributed by atoms with Gasteiger partial charge in [-0.1, -0.05) is 54.6 Å². The van der Waals surface area contributed by atoms with E-state index in [-0.39, 0.29) is 12.2 Å². The van der Waals surface area contributed by atoms with Crippen LogP contribution < -0.4 is 4.74 Å². The van der Waals surface area contributed by atoms with Gasteiger partial charge in [-0.2, -0.15) is 0 Å². The zero-order valence-corrected chi connectivity index (χ0v) is 19.7. The van der Waals surface area contributed by atoms with Gasteiger partial charge in [-0.25, -0.2) is 13.6 Å². The van der Waals surface area contributed by atoms with E-state index in [1.807, 2.05) is 30.3 Å². The van der Waals surface area contributed by atoms with Crippen LogP contribution in [0.15, 0.2) is 97.3 Å². The van der Waals surface area contributed by atoms with Crippen LogP contribution in [-0.4, -0.2) is 17.6 Å². The number of pyridine rings is 1. The second-order valence-electron chi connectivity index (χ2n) is 7.95. The molecule has 36 heavy (non-hydrogen) atoms. The van der Waals surface area contributed by atoms with E-state index in [4.69, 9.17) is 9.47 Å². The summed E-state index contributed by atoms with van der Waals surface area (Å²) >= 11 is 0. The van der Waals surface area contributed by atoms with Gasteiger partial charge in [-0.15, -0.1) is 0 Å². The van der Waals surface area contributed by atoms with Gasteiger partial charge in [0, 0.05) is 29.6 Å². The van der Waals surface area contributed by atoms with Crippen LogP contribution in [-0.2, 0) is 16.1 Å². The van der Waals surface area contributed by atoms with Crippen LogP contribution in [0.5, 0.6) is 5.75 Å². The Bertz CT molecular complexity index is 1340. The van der Waals surface area contributed by atoms with Crippen LogP contribution in [0.4, 0.5) is 8.78 Å². The van der Waals surface area contributed by atoms with Crippen LogP contribution >= 0.6 is 0 Å². The highest BCUT2D eigenvalue weighted by Gasteiger charge is 2.17. The number of hydrogen-bond donors (Lipinski definition) is 0. The Morgan fingerprint density at radius 1 is 0.944 bits per heavy atom. The molecule has 1 aromatic heterocycles. The van der Waals surface area contributed by atoms with E-state index in [2.05, 4.69) is 4.98 Å². The SMILES string of the molecule is CCOC(=O)/C=C/c1cc(OCc2ccccc2)ccc1-c1ccc(-c2cccnc2)c(C(F)F)c1. The van der Waals surface area contributed by atoms with Crippen molar-refractivity contribution in [1.82, 2.24) is 4.98 Å². The zero-order chi connectivity index (χ0) is 25.3. The molecule has 0 saturated heterocycles. The lowest BCUT2D eigenvalue weighted by Crippen LogP contribution is -1.99. The molecule has 0 spiro atoms. The summed E-state index contributed by atoms with van der Waals surface area (Å²) in [7, 11) is 0. The van der Waals surface area contributed by atoms with Crippen molar-refractivity contribution in [2.24, 2.45) is 0 Å². The second-order valence-corrected chi connectivity index (χ2v) is 7.95. The Hall–Kier alpha value is -4.32. The van der Waals surface area contributed by atoms with E-state index in [1.165, 1.54) is 12.1 Å². The fourth-order valence-corrected chi connectivity index (χ4v) is 3.82. The van der Waals surface area contributed by atoms with Gasteiger partial charge < -0.3 is 9.47 Å². The molecule has 0 atom stereocenters. The second kappa shape index (κ2) is 11.9. The normalized spacial score (nSPS) is 11.1. The van der Waals surface area contributed by atoms with Crippen molar-refractivity contribution < 1.29 is 23.0 Å². The summed E-state index contributed by atoms with van der Waals surface area (Å²) in [5, 5.41) is 0. The molecule has 0 aliphatic carbocycles. The molecule has 0 unspecified atom stereocenters. The number of alkyl halides is 2. The smallest absolute Gasteiger partial charge is 0.330 e. The molecular formula is C30H25F2NO3. The van der Waals surface area contributed by atoms with E-state index in [1.54, 1.807) is 67.9 Å². The minimum Gasteiger partial charge on any atom is -0.489 e. The summed E-state index contributed by atoms with van der Waals surface area (Å²) < 4.78 is 39.1. The first-order valence-electron chi connectivity index (χ1n) is 11.5. The molecule has 3 aromatic carbocycles. The van der Waals surface area contributed by atoms with Crippen molar-refractivity contribution in [3.8, 4) is 28.0 Å². The first-order chi connectivity index (χ1) is 17.5. The van der Waals surface area contributed by atoms with Crippen LogP contribution in [0.25, 0.3) is 28.3 Å². The third-order valence-corrected chi connectivity index (χ3v) is 5.53. The molecule has 182 valence electrons. The molecule has 0 fully saturated rings. The van der Waals surface area contributed by atoms with Gasteiger partial charge in [0.05, 0.1) is 6.61 Å². The van der Waals surface area contributed by atoms with E-state index >= 15 is 0 Å². The predicted octanol–water partition coefficient (Wildman–Crippen LogP) is 7.51. The summed E-state index contributed by atoms with van der Waals surface area (Å²) in [6.45, 7) is 2.35. The first kappa shape index (κ1) is 24.8. The number of nitrogens with zero attached hydrogens (tertiary/aromatic N) is 1. The van der Waals surface area contributed by atoms with Crippen molar-refractivity contribution in [2.45, 2.75) is 20.0 Å². The summed E-state index contributed by atoms with van der Waals surface area (Å²) in [5.41, 5.74) is 3.88. The number of rotatable bonds is 9. The third-order valence-electron chi connectivity index (χ3n) is 5.53. The highest BCUT2D eigenvalue weighted by molar-refractivity contribution is 5.89. The minimum absolute atomic E-state index is 0.0924. The number of hydrogen-bond acceptors (Lipinski definition) is 4. The van der Waals surface area contributed by atoms with Crippen LogP contribution in [0.3, 0.4) is 0 Å². The number of carbonyl (C=O) groups excluding carboxylic acids is 1. The van der Waals surface area contributed by atoms with E-state index in [0.29, 0.717) is 40.2 Å². The van der Waals surface area contributed by atoms with Gasteiger partial charge in [-0.3, -0.25) is 4.98 Å². The largest absolute Gasteiger partial charge is 0.489 e. The topological polar surface area (TPSA) is 48.4 Å². The molecule has 4 nitrogen and oxygen atoms in total. The average Bonchev–Trinajstić information content (AvgIpc) is 2.91. The fourth-order valence-electron chi connectivity index (χ4n) is 3.82. The van der Waals surface area contributed by atoms with Gasteiger partial charge >= 0.3 is 5.97 Å². The van der Waals surface area contributed by atoms with Crippen LogP contribution in [0.1, 0.15) is 30.0 Å². The van der Waals surface area contributed by atoms with Gasteiger partial charge in [0.25, 0.3) is 6.43 Å². The van der Waals surface area contributed by atoms with Crippen LogP contribution in [0, 0.1) is 0 Å². The molecule has 0 aliphatic rings. The number of benzene rings is 3. The Morgan fingerprint density at radius 2 is 1.75 bits per heavy atom. The Balaban J connectivity index is 1.72. The minimum atomic E-state index is -2.67. The predicted molar refractivity (Wildman–Crippen MR) is 137 cm³/mol. The molecule has 0 N–H and O–H groups in total. The molecular weight excluding hydrogens is 460 g/mol. The quantitative estimate of drug-likeness (QED) is 0.182. The maximum Gasteiger partial charge on any atom is 0.330 e. The highest BCUT2D eigenvalue weighted by atomic mass is 19.3. The lowest BCUT2D eigenvalue weighted by molar-refractivity contribution is -0.137. The maximum absolute atomic E-state index is 14.1. The molecule has 0 aliphatic heterocycles. The maximum atomic E-state index is 14.1. The lowest BCUT2D eigenvalue weighted by atomic mass is 9.93. The zero-order valence-electron chi connectivity index (χ0n) is 19.7. The Kier molecular flexibility index (Phi) is 8.19. The summed E-state index contributed by atoms with van der Waals surface area (Å²) in [6, 6.07) is 23.5. The van der Waals surface area contributed by atoms with Gasteiger partial charge in [0.1, 0.15) is 12.4 Å². The Morgan fingerprint density at radius 3 is 2.47 bits per heavy atom. The summed E-state index contributed by atoms with van der Waals surface area (Å²) in [6.07, 6.45) is 3.42. The molecule has 6 heteroatoms. The van der Waals surface area contributed by atoms with Crippen molar-refractivity contribution in [3.63, 3.8) is 0 Å². The number of esters is 1. The van der Waals surface area contributed by atoms with Crippen molar-refractivity contribution in [3.05, 3.63) is 114 Å².